The number of aryl methyl sites for hydroxylation is 1. The number of hydrogen-bond donors (Lipinski definition) is 1. The fraction of sp³-hybridized carbons (Fsp3) is 0.692. The maximum atomic E-state index is 11.1. The third-order valence-electron chi connectivity index (χ3n) is 4.08. The Morgan fingerprint density at radius 2 is 2.24 bits per heavy atom. The van der Waals surface area contributed by atoms with Crippen molar-refractivity contribution in [1.29, 1.82) is 0 Å². The zero-order valence-electron chi connectivity index (χ0n) is 9.98. The molecule has 3 nitrogen and oxygen atoms in total. The average molecular weight is 251 g/mol. The van der Waals surface area contributed by atoms with Crippen molar-refractivity contribution < 1.29 is 9.90 Å². The van der Waals surface area contributed by atoms with Crippen LogP contribution in [0.15, 0.2) is 0 Å². The van der Waals surface area contributed by atoms with Crippen molar-refractivity contribution in [2.45, 2.75) is 50.9 Å². The van der Waals surface area contributed by atoms with E-state index in [1.165, 1.54) is 29.1 Å². The lowest BCUT2D eigenvalue weighted by molar-refractivity contribution is -0.138. The highest BCUT2D eigenvalue weighted by Crippen LogP contribution is 2.44. The van der Waals surface area contributed by atoms with Gasteiger partial charge >= 0.3 is 5.97 Å². The highest BCUT2D eigenvalue weighted by molar-refractivity contribution is 7.11. The predicted octanol–water partition coefficient (Wildman–Crippen LogP) is 3.16. The molecule has 0 bridgehead atoms. The number of carboxylic acids is 1. The van der Waals surface area contributed by atoms with Crippen molar-refractivity contribution in [2.75, 3.05) is 0 Å². The monoisotopic (exact) mass is 251 g/mol. The molecule has 17 heavy (non-hydrogen) atoms. The van der Waals surface area contributed by atoms with Crippen molar-refractivity contribution in [2.24, 2.45) is 5.92 Å². The van der Waals surface area contributed by atoms with E-state index >= 15 is 0 Å². The molecule has 0 radical (unpaired) electrons. The minimum atomic E-state index is -0.708. The summed E-state index contributed by atoms with van der Waals surface area (Å²) in [6, 6.07) is 0. The Labute approximate surface area is 105 Å². The lowest BCUT2D eigenvalue weighted by Crippen LogP contribution is -2.09. The predicted molar refractivity (Wildman–Crippen MR) is 66.6 cm³/mol. The van der Waals surface area contributed by atoms with Crippen LogP contribution in [0.25, 0.3) is 0 Å². The van der Waals surface area contributed by atoms with E-state index in [-0.39, 0.29) is 5.92 Å². The van der Waals surface area contributed by atoms with Gasteiger partial charge in [-0.05, 0) is 31.6 Å². The van der Waals surface area contributed by atoms with Gasteiger partial charge in [0.25, 0.3) is 0 Å². The highest BCUT2D eigenvalue weighted by atomic mass is 32.1. The van der Waals surface area contributed by atoms with Crippen LogP contribution in [0.5, 0.6) is 0 Å². The van der Waals surface area contributed by atoms with Gasteiger partial charge in [-0.2, -0.15) is 0 Å². The third kappa shape index (κ3) is 1.88. The van der Waals surface area contributed by atoms with E-state index in [0.717, 1.165) is 24.5 Å². The Hall–Kier alpha value is -0.900. The molecule has 2 aliphatic carbocycles. The fourth-order valence-corrected chi connectivity index (χ4v) is 4.38. The summed E-state index contributed by atoms with van der Waals surface area (Å²) in [5.41, 5.74) is 0.872. The minimum absolute atomic E-state index is 0.339. The number of carbonyl (C=O) groups is 1. The second kappa shape index (κ2) is 4.09. The third-order valence-corrected chi connectivity index (χ3v) is 5.37. The van der Waals surface area contributed by atoms with E-state index in [1.807, 2.05) is 0 Å². The Bertz CT molecular complexity index is 454. The van der Waals surface area contributed by atoms with E-state index in [2.05, 4.69) is 11.9 Å². The second-order valence-electron chi connectivity index (χ2n) is 5.41. The van der Waals surface area contributed by atoms with Crippen molar-refractivity contribution in [3.8, 4) is 0 Å². The van der Waals surface area contributed by atoms with Crippen LogP contribution in [0.2, 0.25) is 0 Å². The van der Waals surface area contributed by atoms with Crippen molar-refractivity contribution in [3.63, 3.8) is 0 Å². The molecule has 3 unspecified atom stereocenters. The van der Waals surface area contributed by atoms with Gasteiger partial charge in [-0.25, -0.2) is 4.98 Å². The van der Waals surface area contributed by atoms with Gasteiger partial charge in [-0.3, -0.25) is 4.79 Å². The Morgan fingerprint density at radius 3 is 2.88 bits per heavy atom. The van der Waals surface area contributed by atoms with Gasteiger partial charge in [0.1, 0.15) is 5.92 Å². The molecular formula is C13H17NO2S. The maximum absolute atomic E-state index is 11.1. The summed E-state index contributed by atoms with van der Waals surface area (Å²) >= 11 is 1.77. The van der Waals surface area contributed by atoms with E-state index in [9.17, 15) is 4.79 Å². The Kier molecular flexibility index (Phi) is 2.69. The van der Waals surface area contributed by atoms with Crippen LogP contribution in [0.1, 0.15) is 60.0 Å². The fourth-order valence-electron chi connectivity index (χ4n) is 3.09. The van der Waals surface area contributed by atoms with Crippen LogP contribution in [-0.4, -0.2) is 16.1 Å². The number of thiazole rings is 1. The highest BCUT2D eigenvalue weighted by Gasteiger charge is 2.34. The van der Waals surface area contributed by atoms with Gasteiger partial charge in [0.15, 0.2) is 0 Å². The number of aliphatic carboxylic acids is 1. The molecule has 0 aliphatic heterocycles. The summed E-state index contributed by atoms with van der Waals surface area (Å²) in [5, 5.41) is 10.3. The summed E-state index contributed by atoms with van der Waals surface area (Å²) in [7, 11) is 0. The maximum Gasteiger partial charge on any atom is 0.312 e. The van der Waals surface area contributed by atoms with Crippen molar-refractivity contribution >= 4 is 17.3 Å². The first kappa shape index (κ1) is 11.2. The van der Waals surface area contributed by atoms with Crippen LogP contribution in [0.3, 0.4) is 0 Å². The van der Waals surface area contributed by atoms with E-state index < -0.39 is 5.97 Å². The normalized spacial score (nSPS) is 31.7. The smallest absolute Gasteiger partial charge is 0.312 e. The summed E-state index contributed by atoms with van der Waals surface area (Å²) in [6.45, 7) is 2.29. The standard InChI is InChI=1S/C13H17NO2S/c1-7-2-3-8(6-7)12-14-11-9(13(15)16)4-5-10(11)17-12/h7-9H,2-6H2,1H3,(H,15,16). The number of fused-ring (bicyclic) bond motifs is 1. The lowest BCUT2D eigenvalue weighted by Gasteiger charge is -2.06. The van der Waals surface area contributed by atoms with Crippen molar-refractivity contribution in [3.05, 3.63) is 15.6 Å². The minimum Gasteiger partial charge on any atom is -0.481 e. The van der Waals surface area contributed by atoms with Crippen LogP contribution in [-0.2, 0) is 11.2 Å². The van der Waals surface area contributed by atoms with Gasteiger partial charge in [0, 0.05) is 10.8 Å². The molecule has 0 saturated heterocycles. The first-order valence-electron chi connectivity index (χ1n) is 6.37. The van der Waals surface area contributed by atoms with Crippen LogP contribution in [0, 0.1) is 5.92 Å². The number of aromatic nitrogens is 1. The molecular weight excluding hydrogens is 234 g/mol. The number of hydrogen-bond acceptors (Lipinski definition) is 3. The summed E-state index contributed by atoms with van der Waals surface area (Å²) in [5.74, 6) is 0.346. The van der Waals surface area contributed by atoms with E-state index in [0.29, 0.717) is 5.92 Å². The molecule has 1 N–H and O–H groups in total. The van der Waals surface area contributed by atoms with Gasteiger partial charge in [0.2, 0.25) is 0 Å². The van der Waals surface area contributed by atoms with Crippen LogP contribution >= 0.6 is 11.3 Å². The summed E-state index contributed by atoms with van der Waals surface area (Å²) in [4.78, 5) is 17.0. The topological polar surface area (TPSA) is 50.2 Å². The average Bonchev–Trinajstić information content (AvgIpc) is 2.89. The molecule has 92 valence electrons. The molecule has 3 rings (SSSR count). The molecule has 1 saturated carbocycles. The van der Waals surface area contributed by atoms with Gasteiger partial charge < -0.3 is 5.11 Å². The van der Waals surface area contributed by atoms with Gasteiger partial charge in [-0.1, -0.05) is 13.3 Å². The quantitative estimate of drug-likeness (QED) is 0.878. The first-order chi connectivity index (χ1) is 8.15. The van der Waals surface area contributed by atoms with Gasteiger partial charge in [0.05, 0.1) is 10.7 Å². The molecule has 1 aromatic rings. The van der Waals surface area contributed by atoms with E-state index in [1.54, 1.807) is 11.3 Å². The molecule has 4 heteroatoms. The second-order valence-corrected chi connectivity index (χ2v) is 6.52. The number of rotatable bonds is 2. The Morgan fingerprint density at radius 1 is 1.41 bits per heavy atom. The molecule has 0 spiro atoms. The summed E-state index contributed by atoms with van der Waals surface area (Å²) < 4.78 is 0. The van der Waals surface area contributed by atoms with Gasteiger partial charge in [-0.15, -0.1) is 11.3 Å². The summed E-state index contributed by atoms with van der Waals surface area (Å²) in [6.07, 6.45) is 5.39. The molecule has 1 heterocycles. The molecule has 3 atom stereocenters. The largest absolute Gasteiger partial charge is 0.481 e. The number of nitrogens with zero attached hydrogens (tertiary/aromatic N) is 1. The Balaban J connectivity index is 1.86. The van der Waals surface area contributed by atoms with Crippen molar-refractivity contribution in [1.82, 2.24) is 4.98 Å². The SMILES string of the molecule is CC1CCC(c2nc3c(s2)CCC3C(=O)O)C1. The number of carboxylic acid groups (broad SMARTS) is 1. The van der Waals surface area contributed by atoms with E-state index in [4.69, 9.17) is 5.11 Å². The molecule has 1 aromatic heterocycles. The molecule has 0 amide bonds. The van der Waals surface area contributed by atoms with Crippen LogP contribution in [0.4, 0.5) is 0 Å². The molecule has 1 fully saturated rings. The van der Waals surface area contributed by atoms with Crippen LogP contribution < -0.4 is 0 Å². The zero-order valence-corrected chi connectivity index (χ0v) is 10.8. The molecule has 2 aliphatic rings. The first-order valence-corrected chi connectivity index (χ1v) is 7.19. The zero-order chi connectivity index (χ0) is 12.0. The molecule has 0 aromatic carbocycles. The lowest BCUT2D eigenvalue weighted by atomic mass is 10.1.